The molecule has 5 aromatic rings. The number of rotatable bonds is 4. The lowest BCUT2D eigenvalue weighted by molar-refractivity contribution is -0.143. The van der Waals surface area contributed by atoms with Gasteiger partial charge in [-0.25, -0.2) is 4.68 Å². The van der Waals surface area contributed by atoms with Gasteiger partial charge in [0.2, 0.25) is 0 Å². The van der Waals surface area contributed by atoms with Crippen LogP contribution in [0.3, 0.4) is 0 Å². The molecule has 2 aromatic carbocycles. The first-order valence-electron chi connectivity index (χ1n) is 11.9. The Bertz CT molecular complexity index is 1940. The fraction of sp³-hybridized carbons (Fsp3) is 0.200. The molecule has 3 aromatic heterocycles. The number of aromatic amines is 1. The Morgan fingerprint density at radius 2 is 2.05 bits per heavy atom. The topological polar surface area (TPSA) is 176 Å². The fourth-order valence-electron chi connectivity index (χ4n) is 4.62. The van der Waals surface area contributed by atoms with Gasteiger partial charge in [-0.15, -0.1) is 5.10 Å². The second-order valence-corrected chi connectivity index (χ2v) is 9.82. The number of aliphatic hydroxyl groups excluding tert-OH is 1. The summed E-state index contributed by atoms with van der Waals surface area (Å²) in [5, 5.41) is 25.1. The Labute approximate surface area is 231 Å². The third kappa shape index (κ3) is 4.45. The second kappa shape index (κ2) is 9.66. The number of morpholine rings is 1. The summed E-state index contributed by atoms with van der Waals surface area (Å²) in [5.74, 6) is -0.516. The number of aliphatic hydroxyl groups is 1. The average Bonchev–Trinajstić information content (AvgIpc) is 3.59. The highest BCUT2D eigenvalue weighted by molar-refractivity contribution is 7.14. The normalized spacial score (nSPS) is 16.8. The quantitative estimate of drug-likeness (QED) is 0.288. The predicted molar refractivity (Wildman–Crippen MR) is 140 cm³/mol. The summed E-state index contributed by atoms with van der Waals surface area (Å²) in [6, 6.07) is 9.34. The predicted octanol–water partition coefficient (Wildman–Crippen LogP) is 2.66. The lowest BCUT2D eigenvalue weighted by Crippen LogP contribution is -2.50. The summed E-state index contributed by atoms with van der Waals surface area (Å²) in [6.45, 7) is 0.0423. The van der Waals surface area contributed by atoms with Crippen molar-refractivity contribution >= 4 is 50.1 Å². The number of aromatic nitrogens is 5. The van der Waals surface area contributed by atoms with Gasteiger partial charge in [0.15, 0.2) is 11.9 Å². The number of anilines is 2. The Kier molecular flexibility index (Phi) is 6.21. The van der Waals surface area contributed by atoms with Crippen LogP contribution in [-0.4, -0.2) is 54.4 Å². The van der Waals surface area contributed by atoms with Gasteiger partial charge in [-0.3, -0.25) is 14.5 Å². The molecule has 41 heavy (non-hydrogen) atoms. The van der Waals surface area contributed by atoms with Crippen molar-refractivity contribution in [3.8, 4) is 11.8 Å². The van der Waals surface area contributed by atoms with Crippen LogP contribution in [0.4, 0.5) is 24.8 Å². The molecule has 12 nitrogen and oxygen atoms in total. The van der Waals surface area contributed by atoms with Crippen molar-refractivity contribution in [3.63, 3.8) is 0 Å². The number of fused-ring (bicyclic) bond motifs is 3. The van der Waals surface area contributed by atoms with E-state index in [1.54, 1.807) is 12.1 Å². The van der Waals surface area contributed by atoms with Crippen molar-refractivity contribution in [1.82, 2.24) is 24.1 Å². The van der Waals surface area contributed by atoms with Gasteiger partial charge in [-0.05, 0) is 41.9 Å². The molecule has 208 valence electrons. The number of nitrogen functional groups attached to an aromatic ring is 1. The molecular weight excluding hydrogens is 565 g/mol. The van der Waals surface area contributed by atoms with Gasteiger partial charge in [0.05, 0.1) is 51.6 Å². The van der Waals surface area contributed by atoms with Gasteiger partial charge in [-0.1, -0.05) is 0 Å². The SMILES string of the molecule is N#Cc1ccc(-n2ccc(N3CCO[C@H](C(O)c4nc(=O)c5c(ccc6c(N)nsc65)[nH]4)C3=O)n2)cc1C(F)(F)F. The molecule has 4 heterocycles. The van der Waals surface area contributed by atoms with Crippen LogP contribution in [0.2, 0.25) is 0 Å². The van der Waals surface area contributed by atoms with E-state index in [0.717, 1.165) is 28.3 Å². The lowest BCUT2D eigenvalue weighted by Gasteiger charge is -2.32. The van der Waals surface area contributed by atoms with E-state index in [9.17, 15) is 27.9 Å². The standard InChI is InChI=1S/C25H17F3N8O4S/c26-25(27,28)14-9-12(2-1-11(14)10-29)36-6-5-16(33-36)35-7-8-40-19(24(35)39)18(37)22-31-15-4-3-13-20(41-34-21(13)30)17(15)23(38)32-22/h1-6,9,18-19,37H,7-8H2,(H2,30,34)(H,31,32,38)/t18?,19-/m1/s1. The molecule has 16 heteroatoms. The summed E-state index contributed by atoms with van der Waals surface area (Å²) in [6.07, 6.45) is -6.50. The summed E-state index contributed by atoms with van der Waals surface area (Å²) in [4.78, 5) is 34.3. The van der Waals surface area contributed by atoms with E-state index < -0.39 is 41.0 Å². The molecule has 1 amide bonds. The van der Waals surface area contributed by atoms with Crippen LogP contribution in [0.25, 0.3) is 26.7 Å². The molecule has 1 fully saturated rings. The number of nitrogens with zero attached hydrogens (tertiary/aromatic N) is 6. The smallest absolute Gasteiger partial charge is 0.382 e. The van der Waals surface area contributed by atoms with Crippen LogP contribution in [0, 0.1) is 11.3 Å². The number of carbonyl (C=O) groups is 1. The molecule has 0 aliphatic carbocycles. The number of hydrogen-bond donors (Lipinski definition) is 3. The van der Waals surface area contributed by atoms with Crippen LogP contribution in [0.15, 0.2) is 47.4 Å². The van der Waals surface area contributed by atoms with Gasteiger partial charge in [0.1, 0.15) is 17.7 Å². The van der Waals surface area contributed by atoms with E-state index in [1.807, 2.05) is 0 Å². The number of nitriles is 1. The minimum atomic E-state index is -4.75. The Balaban J connectivity index is 1.28. The van der Waals surface area contributed by atoms with E-state index in [2.05, 4.69) is 19.4 Å². The highest BCUT2D eigenvalue weighted by atomic mass is 32.1. The van der Waals surface area contributed by atoms with Gasteiger partial charge >= 0.3 is 6.18 Å². The minimum absolute atomic E-state index is 0.00596. The molecule has 0 radical (unpaired) electrons. The highest BCUT2D eigenvalue weighted by Crippen LogP contribution is 2.34. The number of carbonyl (C=O) groups excluding carboxylic acids is 1. The number of benzene rings is 2. The lowest BCUT2D eigenvalue weighted by atomic mass is 10.1. The van der Waals surface area contributed by atoms with E-state index in [1.165, 1.54) is 29.3 Å². The minimum Gasteiger partial charge on any atom is -0.382 e. The monoisotopic (exact) mass is 582 g/mol. The third-order valence-electron chi connectivity index (χ3n) is 6.60. The maximum atomic E-state index is 13.4. The number of halogens is 3. The maximum Gasteiger partial charge on any atom is 0.417 e. The summed E-state index contributed by atoms with van der Waals surface area (Å²) < 4.78 is 51.5. The zero-order chi connectivity index (χ0) is 29.1. The first-order chi connectivity index (χ1) is 19.6. The first kappa shape index (κ1) is 26.4. The van der Waals surface area contributed by atoms with Crippen LogP contribution < -0.4 is 16.2 Å². The van der Waals surface area contributed by atoms with Gasteiger partial charge < -0.3 is 20.6 Å². The van der Waals surface area contributed by atoms with Crippen molar-refractivity contribution in [2.45, 2.75) is 18.4 Å². The Hall–Kier alpha value is -4.85. The third-order valence-corrected chi connectivity index (χ3v) is 7.50. The molecule has 1 aliphatic heterocycles. The molecule has 6 rings (SSSR count). The number of hydrogen-bond acceptors (Lipinski definition) is 10. The van der Waals surface area contributed by atoms with Crippen LogP contribution in [-0.2, 0) is 15.7 Å². The number of ether oxygens (including phenoxy) is 1. The Morgan fingerprint density at radius 3 is 2.80 bits per heavy atom. The van der Waals surface area contributed by atoms with Crippen molar-refractivity contribution in [2.75, 3.05) is 23.8 Å². The largest absolute Gasteiger partial charge is 0.417 e. The number of amides is 1. The molecule has 0 bridgehead atoms. The molecule has 1 saturated heterocycles. The maximum absolute atomic E-state index is 13.4. The van der Waals surface area contributed by atoms with Crippen molar-refractivity contribution in [3.05, 3.63) is 69.9 Å². The highest BCUT2D eigenvalue weighted by Gasteiger charge is 2.39. The zero-order valence-electron chi connectivity index (χ0n) is 20.6. The number of nitrogens with two attached hydrogens (primary N) is 1. The molecule has 0 spiro atoms. The van der Waals surface area contributed by atoms with Crippen LogP contribution in [0.1, 0.15) is 23.1 Å². The zero-order valence-corrected chi connectivity index (χ0v) is 21.4. The molecular formula is C25H17F3N8O4S. The van der Waals surface area contributed by atoms with E-state index in [4.69, 9.17) is 15.7 Å². The molecule has 2 atom stereocenters. The van der Waals surface area contributed by atoms with Crippen LogP contribution in [0.5, 0.6) is 0 Å². The summed E-state index contributed by atoms with van der Waals surface area (Å²) in [7, 11) is 0. The molecule has 1 aliphatic rings. The number of alkyl halides is 3. The van der Waals surface area contributed by atoms with Gasteiger partial charge in [0.25, 0.3) is 11.5 Å². The van der Waals surface area contributed by atoms with E-state index in [-0.39, 0.29) is 41.7 Å². The summed E-state index contributed by atoms with van der Waals surface area (Å²) >= 11 is 1.04. The summed E-state index contributed by atoms with van der Waals surface area (Å²) in [5.41, 5.74) is 3.92. The number of H-pyrrole nitrogens is 1. The van der Waals surface area contributed by atoms with E-state index in [0.29, 0.717) is 15.6 Å². The average molecular weight is 583 g/mol. The second-order valence-electron chi connectivity index (χ2n) is 9.04. The van der Waals surface area contributed by atoms with Crippen molar-refractivity contribution < 1.29 is 27.8 Å². The van der Waals surface area contributed by atoms with E-state index >= 15 is 0 Å². The van der Waals surface area contributed by atoms with Crippen molar-refractivity contribution in [2.24, 2.45) is 0 Å². The first-order valence-corrected chi connectivity index (χ1v) is 12.7. The van der Waals surface area contributed by atoms with Crippen LogP contribution >= 0.6 is 11.5 Å². The Morgan fingerprint density at radius 1 is 1.24 bits per heavy atom. The van der Waals surface area contributed by atoms with Crippen molar-refractivity contribution in [1.29, 1.82) is 5.26 Å². The molecule has 1 unspecified atom stereocenters. The molecule has 0 saturated carbocycles. The fourth-order valence-corrected chi connectivity index (χ4v) is 5.47. The van der Waals surface area contributed by atoms with Gasteiger partial charge in [0, 0.05) is 17.6 Å². The molecule has 4 N–H and O–H groups in total. The van der Waals surface area contributed by atoms with Gasteiger partial charge in [-0.2, -0.15) is 27.8 Å². The number of nitrogens with one attached hydrogen (secondary N) is 1.